The van der Waals surface area contributed by atoms with Crippen molar-refractivity contribution in [2.75, 3.05) is 0 Å². The van der Waals surface area contributed by atoms with Gasteiger partial charge in [-0.3, -0.25) is 14.4 Å². The van der Waals surface area contributed by atoms with Crippen LogP contribution in [0.1, 0.15) is 16.8 Å². The van der Waals surface area contributed by atoms with Crippen molar-refractivity contribution in [3.63, 3.8) is 0 Å². The van der Waals surface area contributed by atoms with Crippen LogP contribution in [0.3, 0.4) is 0 Å². The van der Waals surface area contributed by atoms with Gasteiger partial charge in [0.15, 0.2) is 5.17 Å². The highest BCUT2D eigenvalue weighted by Crippen LogP contribution is 2.20. The normalized spacial score (nSPS) is 20.3. The Bertz CT molecular complexity index is 573. The van der Waals surface area contributed by atoms with Crippen molar-refractivity contribution >= 4 is 34.7 Å². The standard InChI is InChI=1S/C12H11N3O4S/c16-9-6-8(11(18)19)20-12(13-9)15-14-10(17)7-4-2-1-3-5-7/h1-5,8H,6H2,(H,14,17)(H,18,19)(H,13,15,16)/t8-/m0/s1. The first-order chi connectivity index (χ1) is 9.56. The first-order valence-electron chi connectivity index (χ1n) is 5.68. The number of hydrogen-bond acceptors (Lipinski definition) is 5. The molecule has 1 saturated heterocycles. The van der Waals surface area contributed by atoms with Gasteiger partial charge < -0.3 is 10.4 Å². The number of amidine groups is 1. The van der Waals surface area contributed by atoms with Crippen LogP contribution in [0.15, 0.2) is 35.4 Å². The lowest BCUT2D eigenvalue weighted by Crippen LogP contribution is -2.41. The molecular weight excluding hydrogens is 282 g/mol. The molecule has 0 spiro atoms. The summed E-state index contributed by atoms with van der Waals surface area (Å²) in [5.41, 5.74) is 2.68. The quantitative estimate of drug-likeness (QED) is 0.699. The topological polar surface area (TPSA) is 108 Å². The third kappa shape index (κ3) is 3.58. The summed E-state index contributed by atoms with van der Waals surface area (Å²) in [6, 6.07) is 8.42. The van der Waals surface area contributed by atoms with Gasteiger partial charge in [0.25, 0.3) is 5.91 Å². The lowest BCUT2D eigenvalue weighted by atomic mass is 10.2. The van der Waals surface area contributed by atoms with Crippen LogP contribution < -0.4 is 10.7 Å². The lowest BCUT2D eigenvalue weighted by molar-refractivity contribution is -0.138. The van der Waals surface area contributed by atoms with Gasteiger partial charge >= 0.3 is 5.97 Å². The van der Waals surface area contributed by atoms with Gasteiger partial charge in [0.2, 0.25) is 5.91 Å². The number of benzene rings is 1. The number of hydrazone groups is 1. The molecule has 1 aliphatic rings. The van der Waals surface area contributed by atoms with E-state index in [0.717, 1.165) is 11.8 Å². The molecule has 1 aromatic carbocycles. The zero-order valence-electron chi connectivity index (χ0n) is 10.2. The van der Waals surface area contributed by atoms with E-state index in [1.165, 1.54) is 0 Å². The van der Waals surface area contributed by atoms with Gasteiger partial charge in [-0.25, -0.2) is 5.43 Å². The first-order valence-corrected chi connectivity index (χ1v) is 6.56. The SMILES string of the molecule is O=C1C[C@@H](C(=O)O)SC(=NNC(=O)c2ccccc2)N1. The van der Waals surface area contributed by atoms with Crippen molar-refractivity contribution in [2.24, 2.45) is 5.10 Å². The van der Waals surface area contributed by atoms with E-state index in [9.17, 15) is 14.4 Å². The number of aliphatic carboxylic acids is 1. The second-order valence-corrected chi connectivity index (χ2v) is 5.11. The summed E-state index contributed by atoms with van der Waals surface area (Å²) in [7, 11) is 0. The van der Waals surface area contributed by atoms with E-state index in [1.807, 2.05) is 0 Å². The lowest BCUT2D eigenvalue weighted by Gasteiger charge is -2.19. The summed E-state index contributed by atoms with van der Waals surface area (Å²) >= 11 is 0.884. The molecular formula is C12H11N3O4S. The molecule has 20 heavy (non-hydrogen) atoms. The number of rotatable bonds is 3. The smallest absolute Gasteiger partial charge is 0.317 e. The Morgan fingerprint density at radius 1 is 1.35 bits per heavy atom. The van der Waals surface area contributed by atoms with E-state index in [-0.39, 0.29) is 11.6 Å². The van der Waals surface area contributed by atoms with Gasteiger partial charge in [-0.05, 0) is 12.1 Å². The minimum atomic E-state index is -1.09. The Labute approximate surface area is 118 Å². The number of hydrogen-bond donors (Lipinski definition) is 3. The third-order valence-corrected chi connectivity index (χ3v) is 3.51. The van der Waals surface area contributed by atoms with E-state index < -0.39 is 23.0 Å². The van der Waals surface area contributed by atoms with Crippen LogP contribution >= 0.6 is 11.8 Å². The molecule has 1 atom stereocenters. The van der Waals surface area contributed by atoms with Crippen LogP contribution in [0.4, 0.5) is 0 Å². The number of carbonyl (C=O) groups excluding carboxylic acids is 2. The van der Waals surface area contributed by atoms with E-state index in [2.05, 4.69) is 15.8 Å². The van der Waals surface area contributed by atoms with Crippen molar-refractivity contribution in [1.82, 2.24) is 10.7 Å². The summed E-state index contributed by atoms with van der Waals surface area (Å²) in [5, 5.41) is 14.2. The molecule has 7 nitrogen and oxygen atoms in total. The van der Waals surface area contributed by atoms with Crippen molar-refractivity contribution in [2.45, 2.75) is 11.7 Å². The van der Waals surface area contributed by atoms with Gasteiger partial charge in [0.05, 0.1) is 0 Å². The van der Waals surface area contributed by atoms with Crippen molar-refractivity contribution in [3.05, 3.63) is 35.9 Å². The zero-order valence-corrected chi connectivity index (χ0v) is 11.0. The van der Waals surface area contributed by atoms with Crippen molar-refractivity contribution in [1.29, 1.82) is 0 Å². The van der Waals surface area contributed by atoms with Gasteiger partial charge in [0, 0.05) is 12.0 Å². The molecule has 1 aliphatic heterocycles. The van der Waals surface area contributed by atoms with Crippen molar-refractivity contribution in [3.8, 4) is 0 Å². The molecule has 0 aliphatic carbocycles. The maximum Gasteiger partial charge on any atom is 0.317 e. The predicted octanol–water partition coefficient (Wildman–Crippen LogP) is 0.394. The van der Waals surface area contributed by atoms with E-state index >= 15 is 0 Å². The number of carboxylic acids is 1. The van der Waals surface area contributed by atoms with Crippen LogP contribution in [0.25, 0.3) is 0 Å². The average Bonchev–Trinajstić information content (AvgIpc) is 2.45. The van der Waals surface area contributed by atoms with Gasteiger partial charge in [-0.15, -0.1) is 5.10 Å². The number of nitrogens with zero attached hydrogens (tertiary/aromatic N) is 1. The minimum Gasteiger partial charge on any atom is -0.480 e. The largest absolute Gasteiger partial charge is 0.480 e. The second-order valence-electron chi connectivity index (χ2n) is 3.92. The Balaban J connectivity index is 2.02. The van der Waals surface area contributed by atoms with Crippen LogP contribution in [0.2, 0.25) is 0 Å². The molecule has 3 N–H and O–H groups in total. The summed E-state index contributed by atoms with van der Waals surface area (Å²) in [4.78, 5) is 33.9. The van der Waals surface area contributed by atoms with Gasteiger partial charge in [0.1, 0.15) is 5.25 Å². The van der Waals surface area contributed by atoms with Gasteiger partial charge in [-0.1, -0.05) is 30.0 Å². The minimum absolute atomic E-state index is 0.0675. The highest BCUT2D eigenvalue weighted by Gasteiger charge is 2.30. The summed E-state index contributed by atoms with van der Waals surface area (Å²) < 4.78 is 0. The van der Waals surface area contributed by atoms with E-state index in [0.29, 0.717) is 5.56 Å². The highest BCUT2D eigenvalue weighted by atomic mass is 32.2. The Morgan fingerprint density at radius 3 is 2.70 bits per heavy atom. The molecule has 0 radical (unpaired) electrons. The molecule has 1 fully saturated rings. The fraction of sp³-hybridized carbons (Fsp3) is 0.167. The van der Waals surface area contributed by atoms with Crippen LogP contribution in [-0.4, -0.2) is 33.3 Å². The fourth-order valence-corrected chi connectivity index (χ4v) is 2.37. The highest BCUT2D eigenvalue weighted by molar-refractivity contribution is 8.15. The third-order valence-electron chi connectivity index (χ3n) is 2.44. The molecule has 0 unspecified atom stereocenters. The maximum atomic E-state index is 11.7. The van der Waals surface area contributed by atoms with E-state index in [4.69, 9.17) is 5.11 Å². The number of thioether (sulfide) groups is 1. The molecule has 0 aromatic heterocycles. The van der Waals surface area contributed by atoms with Crippen LogP contribution in [0.5, 0.6) is 0 Å². The number of nitrogens with one attached hydrogen (secondary N) is 2. The first kappa shape index (κ1) is 14.1. The summed E-state index contributed by atoms with van der Waals surface area (Å²) in [6.07, 6.45) is -0.119. The molecule has 1 aromatic rings. The second kappa shape index (κ2) is 6.20. The van der Waals surface area contributed by atoms with E-state index in [1.54, 1.807) is 30.3 Å². The molecule has 8 heteroatoms. The Hall–Kier alpha value is -2.35. The molecule has 104 valence electrons. The zero-order chi connectivity index (χ0) is 14.5. The van der Waals surface area contributed by atoms with Crippen LogP contribution in [0, 0.1) is 0 Å². The van der Waals surface area contributed by atoms with Crippen molar-refractivity contribution < 1.29 is 19.5 Å². The summed E-state index contributed by atoms with van der Waals surface area (Å²) in [5.74, 6) is -1.97. The fourth-order valence-electron chi connectivity index (χ4n) is 1.49. The van der Waals surface area contributed by atoms with Gasteiger partial charge in [-0.2, -0.15) is 0 Å². The molecule has 0 saturated carbocycles. The molecule has 2 amide bonds. The average molecular weight is 293 g/mol. The Morgan fingerprint density at radius 2 is 2.05 bits per heavy atom. The Kier molecular flexibility index (Phi) is 4.36. The maximum absolute atomic E-state index is 11.7. The number of carboxylic acid groups (broad SMARTS) is 1. The monoisotopic (exact) mass is 293 g/mol. The summed E-state index contributed by atoms with van der Waals surface area (Å²) in [6.45, 7) is 0. The predicted molar refractivity (Wildman–Crippen MR) is 73.1 cm³/mol. The van der Waals surface area contributed by atoms with Crippen LogP contribution in [-0.2, 0) is 9.59 Å². The molecule has 1 heterocycles. The molecule has 0 bridgehead atoms. The number of amides is 2. The number of carbonyl (C=O) groups is 3. The molecule has 2 rings (SSSR count).